The first kappa shape index (κ1) is 11.9. The van der Waals surface area contributed by atoms with Crippen molar-refractivity contribution >= 4 is 23.0 Å². The minimum absolute atomic E-state index is 0.444. The summed E-state index contributed by atoms with van der Waals surface area (Å²) in [5.74, 6) is -1.18. The number of halogens is 1. The molecule has 0 aromatic carbocycles. The van der Waals surface area contributed by atoms with E-state index < -0.39 is 29.7 Å². The predicted molar refractivity (Wildman–Crippen MR) is 40.7 cm³/mol. The first-order chi connectivity index (χ1) is 5.99. The van der Waals surface area contributed by atoms with Gasteiger partial charge in [0.15, 0.2) is 0 Å². The zero-order chi connectivity index (χ0) is 10.4. The maximum atomic E-state index is 10.7. The Labute approximate surface area is 78.2 Å². The molecule has 0 rings (SSSR count). The summed E-state index contributed by atoms with van der Waals surface area (Å²) in [7, 11) is 0. The Morgan fingerprint density at radius 3 is 2.38 bits per heavy atom. The molecule has 0 radical (unpaired) electrons. The lowest BCUT2D eigenvalue weighted by molar-refractivity contribution is -0.223. The molecule has 0 aromatic heterocycles. The van der Waals surface area contributed by atoms with Gasteiger partial charge in [0.25, 0.3) is 0 Å². The van der Waals surface area contributed by atoms with Crippen molar-refractivity contribution in [1.29, 1.82) is 0 Å². The van der Waals surface area contributed by atoms with Gasteiger partial charge in [-0.05, 0) is 0 Å². The van der Waals surface area contributed by atoms with Crippen molar-refractivity contribution in [3.63, 3.8) is 0 Å². The second-order valence-electron chi connectivity index (χ2n) is 1.92. The average molecular weight is 211 g/mol. The smallest absolute Gasteiger partial charge is 0.393 e. The second-order valence-corrected chi connectivity index (χ2v) is 2.22. The molecule has 0 saturated heterocycles. The molecule has 0 aliphatic rings. The molecular weight excluding hydrogens is 204 g/mol. The molecular formula is C6H7ClO6. The Balaban J connectivity index is 3.97. The lowest BCUT2D eigenvalue weighted by Crippen LogP contribution is -2.22. The van der Waals surface area contributed by atoms with Gasteiger partial charge in [-0.25, -0.2) is 19.4 Å². The van der Waals surface area contributed by atoms with Gasteiger partial charge in [-0.1, -0.05) is 6.58 Å². The van der Waals surface area contributed by atoms with Crippen LogP contribution in [0.15, 0.2) is 12.2 Å². The van der Waals surface area contributed by atoms with Crippen LogP contribution in [0.1, 0.15) is 0 Å². The molecule has 1 atom stereocenters. The zero-order valence-corrected chi connectivity index (χ0v) is 7.15. The minimum Gasteiger partial charge on any atom is -0.393 e. The number of aliphatic hydroxyl groups is 2. The van der Waals surface area contributed by atoms with Crippen molar-refractivity contribution in [1.82, 2.24) is 0 Å². The topological polar surface area (TPSA) is 93.1 Å². The van der Waals surface area contributed by atoms with E-state index in [0.717, 1.165) is 0 Å². The summed E-state index contributed by atoms with van der Waals surface area (Å²) in [4.78, 5) is 28.1. The summed E-state index contributed by atoms with van der Waals surface area (Å²) >= 11 is 4.66. The lowest BCUT2D eigenvalue weighted by atomic mass is 10.2. The van der Waals surface area contributed by atoms with Crippen LogP contribution in [0.25, 0.3) is 0 Å². The van der Waals surface area contributed by atoms with Crippen LogP contribution >= 0.6 is 11.6 Å². The van der Waals surface area contributed by atoms with Crippen LogP contribution in [0.4, 0.5) is 4.79 Å². The molecule has 74 valence electrons. The quantitative estimate of drug-likeness (QED) is 0.288. The summed E-state index contributed by atoms with van der Waals surface area (Å²) in [5, 5.41) is 17.2. The highest BCUT2D eigenvalue weighted by molar-refractivity contribution is 6.61. The monoisotopic (exact) mass is 210 g/mol. The van der Waals surface area contributed by atoms with E-state index >= 15 is 0 Å². The molecule has 13 heavy (non-hydrogen) atoms. The predicted octanol–water partition coefficient (Wildman–Crippen LogP) is -0.271. The molecule has 0 heterocycles. The summed E-state index contributed by atoms with van der Waals surface area (Å²) in [6.07, 6.45) is -1.46. The van der Waals surface area contributed by atoms with Gasteiger partial charge in [0.1, 0.15) is 6.10 Å². The molecule has 6 nitrogen and oxygen atoms in total. The summed E-state index contributed by atoms with van der Waals surface area (Å²) in [6, 6.07) is 0. The van der Waals surface area contributed by atoms with E-state index in [9.17, 15) is 9.59 Å². The fourth-order valence-electron chi connectivity index (χ4n) is 0.370. The summed E-state index contributed by atoms with van der Waals surface area (Å²) < 4.78 is 0. The van der Waals surface area contributed by atoms with E-state index in [1.165, 1.54) is 0 Å². The van der Waals surface area contributed by atoms with Gasteiger partial charge in [-0.3, -0.25) is 0 Å². The van der Waals surface area contributed by atoms with Crippen LogP contribution in [0, 0.1) is 0 Å². The Morgan fingerprint density at radius 1 is 1.46 bits per heavy atom. The van der Waals surface area contributed by atoms with Crippen molar-refractivity contribution in [2.45, 2.75) is 6.10 Å². The fraction of sp³-hybridized carbons (Fsp3) is 0.333. The number of carbonyl (C=O) groups excluding carboxylic acids is 2. The molecule has 0 amide bonds. The van der Waals surface area contributed by atoms with E-state index in [4.69, 9.17) is 10.2 Å². The molecule has 7 heteroatoms. The fourth-order valence-corrected chi connectivity index (χ4v) is 0.402. The number of hydrogen-bond acceptors (Lipinski definition) is 6. The van der Waals surface area contributed by atoms with Crippen molar-refractivity contribution in [3.8, 4) is 0 Å². The normalized spacial score (nSPS) is 11.6. The van der Waals surface area contributed by atoms with Gasteiger partial charge >= 0.3 is 11.4 Å². The molecule has 1 unspecified atom stereocenters. The van der Waals surface area contributed by atoms with Crippen molar-refractivity contribution in [3.05, 3.63) is 12.2 Å². The van der Waals surface area contributed by atoms with Crippen LogP contribution in [-0.2, 0) is 14.6 Å². The van der Waals surface area contributed by atoms with Crippen LogP contribution in [0.2, 0.25) is 0 Å². The van der Waals surface area contributed by atoms with Crippen LogP contribution < -0.4 is 0 Å². The Bertz CT molecular complexity index is 225. The zero-order valence-electron chi connectivity index (χ0n) is 6.40. The van der Waals surface area contributed by atoms with Gasteiger partial charge in [-0.2, -0.15) is 0 Å². The van der Waals surface area contributed by atoms with Crippen LogP contribution in [0.5, 0.6) is 0 Å². The van der Waals surface area contributed by atoms with E-state index in [0.29, 0.717) is 0 Å². The SMILES string of the molecule is C=C(C(=O)OOC(=O)Cl)C(O)CO. The number of rotatable bonds is 3. The van der Waals surface area contributed by atoms with E-state index in [-0.39, 0.29) is 0 Å². The molecule has 0 bridgehead atoms. The number of hydrogen-bond donors (Lipinski definition) is 2. The minimum atomic E-state index is -1.46. The average Bonchev–Trinajstić information content (AvgIpc) is 2.11. The molecule has 2 N–H and O–H groups in total. The van der Waals surface area contributed by atoms with E-state index in [2.05, 4.69) is 28.0 Å². The highest BCUT2D eigenvalue weighted by Gasteiger charge is 2.19. The standard InChI is InChI=1S/C6H7ClO6/c1-3(4(9)2-8)5(10)12-13-6(7)11/h4,8-9H,1-2H2. The lowest BCUT2D eigenvalue weighted by Gasteiger charge is -2.07. The third-order valence-electron chi connectivity index (χ3n) is 1.02. The Kier molecular flexibility index (Phi) is 5.05. The maximum Gasteiger partial charge on any atom is 0.448 e. The largest absolute Gasteiger partial charge is 0.448 e. The van der Waals surface area contributed by atoms with Gasteiger partial charge in [0.05, 0.1) is 12.2 Å². The Hall–Kier alpha value is -1.11. The Morgan fingerprint density at radius 2 is 2.00 bits per heavy atom. The maximum absolute atomic E-state index is 10.7. The molecule has 0 aliphatic carbocycles. The van der Waals surface area contributed by atoms with Crippen LogP contribution in [-0.4, -0.2) is 34.3 Å². The first-order valence-electron chi connectivity index (χ1n) is 3.05. The molecule has 0 fully saturated rings. The van der Waals surface area contributed by atoms with E-state index in [1.807, 2.05) is 0 Å². The highest BCUT2D eigenvalue weighted by Crippen LogP contribution is 2.02. The third kappa shape index (κ3) is 4.46. The van der Waals surface area contributed by atoms with Gasteiger partial charge in [0, 0.05) is 11.6 Å². The molecule has 0 aliphatic heterocycles. The molecule has 0 aromatic rings. The van der Waals surface area contributed by atoms with Crippen molar-refractivity contribution < 1.29 is 29.6 Å². The first-order valence-corrected chi connectivity index (χ1v) is 3.43. The summed E-state index contributed by atoms with van der Waals surface area (Å²) in [5.41, 5.74) is -1.78. The number of carbonyl (C=O) groups is 2. The van der Waals surface area contributed by atoms with Gasteiger partial charge in [-0.15, -0.1) is 0 Å². The molecule has 0 saturated carbocycles. The van der Waals surface area contributed by atoms with Crippen molar-refractivity contribution in [2.75, 3.05) is 6.61 Å². The highest BCUT2D eigenvalue weighted by atomic mass is 35.5. The van der Waals surface area contributed by atoms with Crippen molar-refractivity contribution in [2.24, 2.45) is 0 Å². The van der Waals surface area contributed by atoms with Gasteiger partial charge in [0.2, 0.25) is 0 Å². The summed E-state index contributed by atoms with van der Waals surface area (Å²) in [6.45, 7) is 2.39. The molecule has 0 spiro atoms. The number of aliphatic hydroxyl groups excluding tert-OH is 2. The third-order valence-corrected chi connectivity index (χ3v) is 1.08. The second kappa shape index (κ2) is 5.52. The van der Waals surface area contributed by atoms with Gasteiger partial charge < -0.3 is 10.2 Å². The van der Waals surface area contributed by atoms with Crippen LogP contribution in [0.3, 0.4) is 0 Å². The van der Waals surface area contributed by atoms with E-state index in [1.54, 1.807) is 0 Å².